The van der Waals surface area contributed by atoms with Crippen LogP contribution in [-0.2, 0) is 6.42 Å². The van der Waals surface area contributed by atoms with Gasteiger partial charge in [0.2, 0.25) is 0 Å². The van der Waals surface area contributed by atoms with E-state index in [9.17, 15) is 10.1 Å². The molecule has 0 amide bonds. The number of hydrogen-bond donors (Lipinski definition) is 2. The number of nitrogens with zero attached hydrogens (tertiary/aromatic N) is 1. The number of benzene rings is 1. The third-order valence-electron chi connectivity index (χ3n) is 2.34. The SMILES string of the molecule is N[C@@H]1CNc2cc([N+](=O)[O-])ccc2C1. The maximum atomic E-state index is 10.5. The number of nitro groups is 1. The third kappa shape index (κ3) is 1.54. The molecule has 0 radical (unpaired) electrons. The zero-order chi connectivity index (χ0) is 10.1. The van der Waals surface area contributed by atoms with Gasteiger partial charge in [-0.15, -0.1) is 0 Å². The van der Waals surface area contributed by atoms with Crippen LogP contribution in [0, 0.1) is 10.1 Å². The summed E-state index contributed by atoms with van der Waals surface area (Å²) in [6, 6.07) is 4.93. The van der Waals surface area contributed by atoms with Crippen LogP contribution in [-0.4, -0.2) is 17.5 Å². The van der Waals surface area contributed by atoms with Crippen molar-refractivity contribution in [1.82, 2.24) is 0 Å². The number of hydrogen-bond acceptors (Lipinski definition) is 4. The molecular weight excluding hydrogens is 182 g/mol. The van der Waals surface area contributed by atoms with Crippen LogP contribution in [0.4, 0.5) is 11.4 Å². The molecule has 74 valence electrons. The number of nitro benzene ring substituents is 1. The van der Waals surface area contributed by atoms with Crippen molar-refractivity contribution in [3.05, 3.63) is 33.9 Å². The van der Waals surface area contributed by atoms with Gasteiger partial charge < -0.3 is 11.1 Å². The van der Waals surface area contributed by atoms with E-state index in [-0.39, 0.29) is 11.7 Å². The first kappa shape index (κ1) is 8.96. The van der Waals surface area contributed by atoms with Crippen LogP contribution in [0.1, 0.15) is 5.56 Å². The van der Waals surface area contributed by atoms with Crippen LogP contribution in [0.15, 0.2) is 18.2 Å². The smallest absolute Gasteiger partial charge is 0.271 e. The van der Waals surface area contributed by atoms with Gasteiger partial charge in [-0.05, 0) is 12.0 Å². The van der Waals surface area contributed by atoms with Gasteiger partial charge in [0.15, 0.2) is 0 Å². The molecule has 2 rings (SSSR count). The molecule has 14 heavy (non-hydrogen) atoms. The van der Waals surface area contributed by atoms with Crippen molar-refractivity contribution in [2.75, 3.05) is 11.9 Å². The van der Waals surface area contributed by atoms with Gasteiger partial charge in [0.1, 0.15) is 0 Å². The van der Waals surface area contributed by atoms with E-state index in [0.29, 0.717) is 6.54 Å². The Labute approximate surface area is 81.1 Å². The second kappa shape index (κ2) is 3.26. The lowest BCUT2D eigenvalue weighted by Gasteiger charge is -2.22. The fourth-order valence-corrected chi connectivity index (χ4v) is 1.62. The average Bonchev–Trinajstić information content (AvgIpc) is 2.16. The Hall–Kier alpha value is -1.62. The highest BCUT2D eigenvalue weighted by atomic mass is 16.6. The van der Waals surface area contributed by atoms with Crippen LogP contribution >= 0.6 is 0 Å². The largest absolute Gasteiger partial charge is 0.383 e. The lowest BCUT2D eigenvalue weighted by atomic mass is 10.00. The molecule has 0 bridgehead atoms. The summed E-state index contributed by atoms with van der Waals surface area (Å²) in [4.78, 5) is 10.1. The molecule has 1 atom stereocenters. The highest BCUT2D eigenvalue weighted by Crippen LogP contribution is 2.25. The molecular formula is C9H11N3O2. The van der Waals surface area contributed by atoms with Crippen molar-refractivity contribution >= 4 is 11.4 Å². The number of fused-ring (bicyclic) bond motifs is 1. The van der Waals surface area contributed by atoms with E-state index < -0.39 is 4.92 Å². The maximum absolute atomic E-state index is 10.5. The van der Waals surface area contributed by atoms with Gasteiger partial charge in [0.05, 0.1) is 4.92 Å². The first-order valence-electron chi connectivity index (χ1n) is 4.43. The van der Waals surface area contributed by atoms with Gasteiger partial charge in [-0.2, -0.15) is 0 Å². The predicted molar refractivity (Wildman–Crippen MR) is 53.3 cm³/mol. The Morgan fingerprint density at radius 2 is 2.36 bits per heavy atom. The Kier molecular flexibility index (Phi) is 2.09. The van der Waals surface area contributed by atoms with Crippen molar-refractivity contribution < 1.29 is 4.92 Å². The predicted octanol–water partition coefficient (Wildman–Crippen LogP) is 0.890. The van der Waals surface area contributed by atoms with Crippen LogP contribution in [0.25, 0.3) is 0 Å². The summed E-state index contributed by atoms with van der Waals surface area (Å²) in [5, 5.41) is 13.6. The van der Waals surface area contributed by atoms with E-state index in [1.165, 1.54) is 6.07 Å². The molecule has 0 fully saturated rings. The number of nitrogens with one attached hydrogen (secondary N) is 1. The Balaban J connectivity index is 2.36. The lowest BCUT2D eigenvalue weighted by Crippen LogP contribution is -2.35. The summed E-state index contributed by atoms with van der Waals surface area (Å²) in [7, 11) is 0. The normalized spacial score (nSPS) is 19.6. The van der Waals surface area contributed by atoms with E-state index >= 15 is 0 Å². The van der Waals surface area contributed by atoms with Crippen molar-refractivity contribution in [2.45, 2.75) is 12.5 Å². The Morgan fingerprint density at radius 3 is 3.07 bits per heavy atom. The van der Waals surface area contributed by atoms with E-state index in [1.807, 2.05) is 0 Å². The molecule has 0 aromatic heterocycles. The Morgan fingerprint density at radius 1 is 1.57 bits per heavy atom. The van der Waals surface area contributed by atoms with Gasteiger partial charge in [-0.25, -0.2) is 0 Å². The van der Waals surface area contributed by atoms with E-state index in [4.69, 9.17) is 5.73 Å². The van der Waals surface area contributed by atoms with Gasteiger partial charge >= 0.3 is 0 Å². The summed E-state index contributed by atoms with van der Waals surface area (Å²) < 4.78 is 0. The second-order valence-corrected chi connectivity index (χ2v) is 3.44. The average molecular weight is 193 g/mol. The van der Waals surface area contributed by atoms with E-state index in [0.717, 1.165) is 17.7 Å². The fourth-order valence-electron chi connectivity index (χ4n) is 1.62. The third-order valence-corrected chi connectivity index (χ3v) is 2.34. The van der Waals surface area contributed by atoms with E-state index in [1.54, 1.807) is 12.1 Å². The van der Waals surface area contributed by atoms with Gasteiger partial charge in [-0.1, -0.05) is 6.07 Å². The number of nitrogens with two attached hydrogens (primary N) is 1. The molecule has 5 nitrogen and oxygen atoms in total. The van der Waals surface area contributed by atoms with Crippen LogP contribution in [0.5, 0.6) is 0 Å². The molecule has 1 aromatic carbocycles. The van der Waals surface area contributed by atoms with Crippen molar-refractivity contribution in [3.8, 4) is 0 Å². The minimum atomic E-state index is -0.392. The fraction of sp³-hybridized carbons (Fsp3) is 0.333. The first-order valence-corrected chi connectivity index (χ1v) is 4.43. The molecule has 0 saturated carbocycles. The number of rotatable bonds is 1. The molecule has 0 spiro atoms. The monoisotopic (exact) mass is 193 g/mol. The van der Waals surface area contributed by atoms with Crippen LogP contribution in [0.3, 0.4) is 0 Å². The van der Waals surface area contributed by atoms with Gasteiger partial charge in [0, 0.05) is 30.4 Å². The number of anilines is 1. The summed E-state index contributed by atoms with van der Waals surface area (Å²) >= 11 is 0. The summed E-state index contributed by atoms with van der Waals surface area (Å²) in [6.45, 7) is 0.675. The van der Waals surface area contributed by atoms with Crippen molar-refractivity contribution in [1.29, 1.82) is 0 Å². The minimum Gasteiger partial charge on any atom is -0.383 e. The second-order valence-electron chi connectivity index (χ2n) is 3.44. The van der Waals surface area contributed by atoms with Crippen molar-refractivity contribution in [2.24, 2.45) is 5.73 Å². The number of non-ortho nitro benzene ring substituents is 1. The lowest BCUT2D eigenvalue weighted by molar-refractivity contribution is -0.384. The highest BCUT2D eigenvalue weighted by molar-refractivity contribution is 5.59. The zero-order valence-electron chi connectivity index (χ0n) is 7.56. The maximum Gasteiger partial charge on any atom is 0.271 e. The van der Waals surface area contributed by atoms with Gasteiger partial charge in [0.25, 0.3) is 5.69 Å². The van der Waals surface area contributed by atoms with E-state index in [2.05, 4.69) is 5.32 Å². The minimum absolute atomic E-state index is 0.101. The van der Waals surface area contributed by atoms with Crippen LogP contribution in [0.2, 0.25) is 0 Å². The van der Waals surface area contributed by atoms with Crippen LogP contribution < -0.4 is 11.1 Å². The molecule has 1 heterocycles. The summed E-state index contributed by atoms with van der Waals surface area (Å²) in [6.07, 6.45) is 0.778. The highest BCUT2D eigenvalue weighted by Gasteiger charge is 2.17. The molecule has 3 N–H and O–H groups in total. The standard InChI is InChI=1S/C9H11N3O2/c10-7-3-6-1-2-8(12(13)14)4-9(6)11-5-7/h1-2,4,7,11H,3,5,10H2/t7-/m0/s1. The molecule has 1 aliphatic heterocycles. The topological polar surface area (TPSA) is 81.2 Å². The van der Waals surface area contributed by atoms with Crippen molar-refractivity contribution in [3.63, 3.8) is 0 Å². The Bertz CT molecular complexity index is 378. The summed E-state index contributed by atoms with van der Waals surface area (Å²) in [5.74, 6) is 0. The first-order chi connectivity index (χ1) is 6.66. The van der Waals surface area contributed by atoms with Gasteiger partial charge in [-0.3, -0.25) is 10.1 Å². The zero-order valence-corrected chi connectivity index (χ0v) is 7.56. The molecule has 5 heteroatoms. The molecule has 0 unspecified atom stereocenters. The molecule has 0 aliphatic carbocycles. The molecule has 0 saturated heterocycles. The molecule has 1 aromatic rings. The quantitative estimate of drug-likeness (QED) is 0.512. The molecule has 1 aliphatic rings. The summed E-state index contributed by atoms with van der Waals surface area (Å²) in [5.41, 5.74) is 7.75.